The van der Waals surface area contributed by atoms with Gasteiger partial charge in [0, 0.05) is 35.9 Å². The monoisotopic (exact) mass is 360 g/mol. The van der Waals surface area contributed by atoms with Gasteiger partial charge >= 0.3 is 0 Å². The molecular formula is C20H20N6O. The average molecular weight is 360 g/mol. The molecule has 0 saturated carbocycles. The number of benzene rings is 1. The molecule has 7 nitrogen and oxygen atoms in total. The minimum atomic E-state index is -0.133. The fourth-order valence-corrected chi connectivity index (χ4v) is 3.32. The summed E-state index contributed by atoms with van der Waals surface area (Å²) in [5.74, 6) is 0.750. The molecule has 0 saturated heterocycles. The molecule has 1 N–H and O–H groups in total. The molecule has 0 unspecified atom stereocenters. The average Bonchev–Trinajstić information content (AvgIpc) is 3.03. The second-order valence-electron chi connectivity index (χ2n) is 6.77. The van der Waals surface area contributed by atoms with E-state index in [-0.39, 0.29) is 11.9 Å². The van der Waals surface area contributed by atoms with Crippen LogP contribution in [0.25, 0.3) is 22.1 Å². The molecule has 0 aliphatic carbocycles. The Labute approximate surface area is 156 Å². The topological polar surface area (TPSA) is 85.6 Å². The summed E-state index contributed by atoms with van der Waals surface area (Å²) in [4.78, 5) is 21.1. The van der Waals surface area contributed by atoms with Crippen molar-refractivity contribution < 1.29 is 4.79 Å². The predicted molar refractivity (Wildman–Crippen MR) is 103 cm³/mol. The van der Waals surface area contributed by atoms with Crippen LogP contribution in [0.2, 0.25) is 0 Å². The number of carbonyl (C=O) groups excluding carboxylic acids is 1. The van der Waals surface area contributed by atoms with E-state index in [9.17, 15) is 4.79 Å². The van der Waals surface area contributed by atoms with E-state index in [2.05, 4.69) is 43.9 Å². The number of nitrogens with one attached hydrogen (secondary N) is 1. The Morgan fingerprint density at radius 3 is 2.67 bits per heavy atom. The Hall–Kier alpha value is -3.35. The van der Waals surface area contributed by atoms with Crippen LogP contribution in [-0.2, 0) is 6.54 Å². The van der Waals surface area contributed by atoms with Crippen LogP contribution in [-0.4, -0.2) is 30.6 Å². The molecule has 1 aromatic carbocycles. The lowest BCUT2D eigenvalue weighted by atomic mass is 10.1. The highest BCUT2D eigenvalue weighted by Crippen LogP contribution is 2.27. The first-order valence-electron chi connectivity index (χ1n) is 8.86. The number of carbonyl (C=O) groups is 1. The molecule has 7 heteroatoms. The van der Waals surface area contributed by atoms with Gasteiger partial charge in [0.05, 0.1) is 11.0 Å². The van der Waals surface area contributed by atoms with Crippen molar-refractivity contribution >= 4 is 28.0 Å². The van der Waals surface area contributed by atoms with E-state index in [4.69, 9.17) is 0 Å². The number of hydrogen-bond acceptors (Lipinski definition) is 5. The Morgan fingerprint density at radius 1 is 1.15 bits per heavy atom. The zero-order valence-corrected chi connectivity index (χ0v) is 15.5. The van der Waals surface area contributed by atoms with Gasteiger partial charge in [0.15, 0.2) is 0 Å². The maximum absolute atomic E-state index is 12.6. The van der Waals surface area contributed by atoms with E-state index >= 15 is 0 Å². The lowest BCUT2D eigenvalue weighted by Gasteiger charge is -2.12. The number of nitrogens with zero attached hydrogens (tertiary/aromatic N) is 5. The van der Waals surface area contributed by atoms with Crippen LogP contribution in [0.5, 0.6) is 0 Å². The van der Waals surface area contributed by atoms with Crippen molar-refractivity contribution in [2.75, 3.05) is 0 Å². The quantitative estimate of drug-likeness (QED) is 0.604. The zero-order valence-electron chi connectivity index (χ0n) is 15.5. The molecule has 27 heavy (non-hydrogen) atoms. The number of pyridine rings is 1. The number of amides is 1. The van der Waals surface area contributed by atoms with Crippen LogP contribution in [0, 0.1) is 6.92 Å². The van der Waals surface area contributed by atoms with Crippen molar-refractivity contribution in [1.82, 2.24) is 30.0 Å². The smallest absolute Gasteiger partial charge is 0.251 e. The summed E-state index contributed by atoms with van der Waals surface area (Å²) in [7, 11) is 0. The Balaban J connectivity index is 1.74. The molecule has 0 spiro atoms. The highest BCUT2D eigenvalue weighted by molar-refractivity contribution is 6.05. The molecular weight excluding hydrogens is 340 g/mol. The predicted octanol–water partition coefficient (Wildman–Crippen LogP) is 3.19. The van der Waals surface area contributed by atoms with Crippen molar-refractivity contribution in [2.45, 2.75) is 33.4 Å². The van der Waals surface area contributed by atoms with Gasteiger partial charge in [-0.25, -0.2) is 4.98 Å². The molecule has 3 heterocycles. The second-order valence-corrected chi connectivity index (χ2v) is 6.77. The van der Waals surface area contributed by atoms with Gasteiger partial charge < -0.3 is 9.88 Å². The van der Waals surface area contributed by atoms with Gasteiger partial charge in [0.25, 0.3) is 5.91 Å². The van der Waals surface area contributed by atoms with E-state index < -0.39 is 0 Å². The van der Waals surface area contributed by atoms with Crippen molar-refractivity contribution in [3.63, 3.8) is 0 Å². The Morgan fingerprint density at radius 2 is 1.93 bits per heavy atom. The third-order valence-corrected chi connectivity index (χ3v) is 4.55. The van der Waals surface area contributed by atoms with Crippen LogP contribution >= 0.6 is 0 Å². The fraction of sp³-hybridized carbons (Fsp3) is 0.250. The molecule has 1 amide bonds. The largest absolute Gasteiger partial charge is 0.348 e. The zero-order chi connectivity index (χ0) is 19.0. The molecule has 136 valence electrons. The molecule has 0 atom stereocenters. The number of aryl methyl sites for hydroxylation is 1. The fourth-order valence-electron chi connectivity index (χ4n) is 3.32. The summed E-state index contributed by atoms with van der Waals surface area (Å²) in [6, 6.07) is 9.46. The van der Waals surface area contributed by atoms with Crippen LogP contribution < -0.4 is 5.32 Å². The molecule has 3 aromatic heterocycles. The number of aromatic nitrogens is 5. The minimum absolute atomic E-state index is 0.133. The number of rotatable bonds is 4. The molecule has 4 aromatic rings. The van der Waals surface area contributed by atoms with Crippen molar-refractivity contribution in [3.8, 4) is 0 Å². The molecule has 0 bridgehead atoms. The SMILES string of the molecule is Cc1nc2nnc3ccc(C(=O)NCc4ccncc4)cc3c2n1C(C)C. The Bertz CT molecular complexity index is 1130. The lowest BCUT2D eigenvalue weighted by Crippen LogP contribution is -2.22. The summed E-state index contributed by atoms with van der Waals surface area (Å²) in [6.45, 7) is 6.61. The van der Waals surface area contributed by atoms with Gasteiger partial charge in [-0.3, -0.25) is 9.78 Å². The number of fused-ring (bicyclic) bond motifs is 3. The van der Waals surface area contributed by atoms with E-state index in [0.29, 0.717) is 17.8 Å². The highest BCUT2D eigenvalue weighted by Gasteiger charge is 2.16. The van der Waals surface area contributed by atoms with Gasteiger partial charge in [-0.05, 0) is 56.7 Å². The van der Waals surface area contributed by atoms with Crippen LogP contribution in [0.4, 0.5) is 0 Å². The summed E-state index contributed by atoms with van der Waals surface area (Å²) < 4.78 is 2.13. The summed E-state index contributed by atoms with van der Waals surface area (Å²) in [5, 5.41) is 12.3. The van der Waals surface area contributed by atoms with E-state index in [1.54, 1.807) is 18.5 Å². The minimum Gasteiger partial charge on any atom is -0.348 e. The third kappa shape index (κ3) is 3.12. The number of hydrogen-bond donors (Lipinski definition) is 1. The maximum atomic E-state index is 12.6. The molecule has 0 fully saturated rings. The van der Waals surface area contributed by atoms with Gasteiger partial charge in [-0.1, -0.05) is 0 Å². The first-order chi connectivity index (χ1) is 13.0. The van der Waals surface area contributed by atoms with E-state index in [0.717, 1.165) is 27.8 Å². The lowest BCUT2D eigenvalue weighted by molar-refractivity contribution is 0.0951. The summed E-state index contributed by atoms with van der Waals surface area (Å²) in [6.07, 6.45) is 3.42. The van der Waals surface area contributed by atoms with Gasteiger partial charge in [0.2, 0.25) is 5.65 Å². The summed E-state index contributed by atoms with van der Waals surface area (Å²) in [5.41, 5.74) is 3.84. The van der Waals surface area contributed by atoms with Crippen molar-refractivity contribution in [2.24, 2.45) is 0 Å². The first-order valence-corrected chi connectivity index (χ1v) is 8.86. The van der Waals surface area contributed by atoms with Gasteiger partial charge in [0.1, 0.15) is 5.82 Å². The van der Waals surface area contributed by atoms with Gasteiger partial charge in [-0.15, -0.1) is 10.2 Å². The molecule has 4 rings (SSSR count). The van der Waals surface area contributed by atoms with Crippen molar-refractivity contribution in [1.29, 1.82) is 0 Å². The van der Waals surface area contributed by atoms with Crippen LogP contribution in [0.15, 0.2) is 42.7 Å². The molecule has 0 aliphatic rings. The van der Waals surface area contributed by atoms with Crippen LogP contribution in [0.3, 0.4) is 0 Å². The van der Waals surface area contributed by atoms with Crippen molar-refractivity contribution in [3.05, 3.63) is 59.7 Å². The highest BCUT2D eigenvalue weighted by atomic mass is 16.1. The summed E-state index contributed by atoms with van der Waals surface area (Å²) >= 11 is 0. The Kier molecular flexibility index (Phi) is 4.27. The van der Waals surface area contributed by atoms with Crippen LogP contribution in [0.1, 0.15) is 41.6 Å². The first kappa shape index (κ1) is 17.1. The van der Waals surface area contributed by atoms with E-state index in [1.165, 1.54) is 0 Å². The molecule has 0 radical (unpaired) electrons. The molecule has 0 aliphatic heterocycles. The van der Waals surface area contributed by atoms with Gasteiger partial charge in [-0.2, -0.15) is 0 Å². The standard InChI is InChI=1S/C20H20N6O/c1-12(2)26-13(3)23-19-18(26)16-10-15(4-5-17(16)24-25-19)20(27)22-11-14-6-8-21-9-7-14/h4-10,12H,11H2,1-3H3,(H,22,27). The normalized spacial score (nSPS) is 11.4. The van der Waals surface area contributed by atoms with E-state index in [1.807, 2.05) is 31.2 Å². The second kappa shape index (κ2) is 6.75. The third-order valence-electron chi connectivity index (χ3n) is 4.55. The number of imidazole rings is 1. The maximum Gasteiger partial charge on any atom is 0.251 e.